The van der Waals surface area contributed by atoms with Gasteiger partial charge in [0.1, 0.15) is 0 Å². The summed E-state index contributed by atoms with van der Waals surface area (Å²) < 4.78 is 0. The molecule has 1 aromatic rings. The normalized spacial score (nSPS) is 16.9. The lowest BCUT2D eigenvalue weighted by molar-refractivity contribution is 0.556. The maximum Gasteiger partial charge on any atom is 0.235 e. The molecule has 0 N–H and O–H groups in total. The summed E-state index contributed by atoms with van der Waals surface area (Å²) in [6, 6.07) is 6.39. The second kappa shape index (κ2) is 3.63. The Labute approximate surface area is 90.0 Å². The molecule has 0 bridgehead atoms. The summed E-state index contributed by atoms with van der Waals surface area (Å²) in [6.07, 6.45) is 4.69. The topological polar surface area (TPSA) is 29.4 Å². The van der Waals surface area contributed by atoms with Gasteiger partial charge in [0, 0.05) is 0 Å². The van der Waals surface area contributed by atoms with Crippen LogP contribution in [-0.2, 0) is 16.8 Å². The molecule has 1 aromatic carbocycles. The average molecular weight is 201 g/mol. The van der Waals surface area contributed by atoms with Gasteiger partial charge in [0.15, 0.2) is 0 Å². The zero-order valence-electron chi connectivity index (χ0n) is 9.21. The highest BCUT2D eigenvalue weighted by Gasteiger charge is 2.44. The van der Waals surface area contributed by atoms with Crippen molar-refractivity contribution < 1.29 is 4.79 Å². The van der Waals surface area contributed by atoms with Gasteiger partial charge >= 0.3 is 0 Å². The molecule has 1 aliphatic rings. The number of isocyanates is 1. The molecule has 1 aliphatic carbocycles. The molecule has 0 spiro atoms. The van der Waals surface area contributed by atoms with Crippen LogP contribution >= 0.6 is 0 Å². The fourth-order valence-electron chi connectivity index (χ4n) is 2.01. The van der Waals surface area contributed by atoms with Gasteiger partial charge in [-0.2, -0.15) is 4.99 Å². The first-order valence-electron chi connectivity index (χ1n) is 5.41. The molecule has 1 saturated carbocycles. The van der Waals surface area contributed by atoms with Crippen LogP contribution in [0.5, 0.6) is 0 Å². The molecule has 0 atom stereocenters. The van der Waals surface area contributed by atoms with Gasteiger partial charge in [0.2, 0.25) is 6.08 Å². The smallest absolute Gasteiger partial charge is 0.211 e. The Balaban J connectivity index is 2.41. The standard InChI is InChI=1S/C13H15NO/c1-3-11-8-12(5-4-10(11)2)13(6-7-13)14-9-15/h4-5,8H,3,6-7H2,1-2H3. The third-order valence-electron chi connectivity index (χ3n) is 3.25. The summed E-state index contributed by atoms with van der Waals surface area (Å²) in [6.45, 7) is 4.26. The molecule has 0 amide bonds. The molecule has 0 aliphatic heterocycles. The van der Waals surface area contributed by atoms with Gasteiger partial charge < -0.3 is 0 Å². The van der Waals surface area contributed by atoms with Crippen LogP contribution in [0.3, 0.4) is 0 Å². The lowest BCUT2D eigenvalue weighted by Gasteiger charge is -2.11. The Morgan fingerprint density at radius 2 is 2.20 bits per heavy atom. The van der Waals surface area contributed by atoms with Crippen molar-refractivity contribution in [3.63, 3.8) is 0 Å². The van der Waals surface area contributed by atoms with E-state index in [-0.39, 0.29) is 5.54 Å². The first kappa shape index (κ1) is 10.1. The van der Waals surface area contributed by atoms with Gasteiger partial charge in [-0.15, -0.1) is 0 Å². The number of carbonyl (C=O) groups excluding carboxylic acids is 1. The molecule has 0 radical (unpaired) electrons. The maximum atomic E-state index is 10.4. The van der Waals surface area contributed by atoms with Gasteiger partial charge in [-0.25, -0.2) is 4.79 Å². The van der Waals surface area contributed by atoms with Gasteiger partial charge in [-0.3, -0.25) is 0 Å². The van der Waals surface area contributed by atoms with Crippen molar-refractivity contribution in [2.24, 2.45) is 4.99 Å². The van der Waals surface area contributed by atoms with E-state index >= 15 is 0 Å². The zero-order chi connectivity index (χ0) is 10.9. The summed E-state index contributed by atoms with van der Waals surface area (Å²) in [5, 5.41) is 0. The van der Waals surface area contributed by atoms with Crippen molar-refractivity contribution in [2.45, 2.75) is 38.6 Å². The SMILES string of the molecule is CCc1cc(C2(N=C=O)CC2)ccc1C. The van der Waals surface area contributed by atoms with Crippen molar-refractivity contribution in [3.8, 4) is 0 Å². The number of aryl methyl sites for hydroxylation is 2. The molecule has 1 fully saturated rings. The number of hydrogen-bond donors (Lipinski definition) is 0. The van der Waals surface area contributed by atoms with Gasteiger partial charge in [-0.1, -0.05) is 25.1 Å². The van der Waals surface area contributed by atoms with Crippen LogP contribution in [0.4, 0.5) is 0 Å². The highest BCUT2D eigenvalue weighted by atomic mass is 16.1. The second-order valence-corrected chi connectivity index (χ2v) is 4.23. The molecule has 2 rings (SSSR count). The van der Waals surface area contributed by atoms with Crippen LogP contribution in [0.1, 0.15) is 36.5 Å². The van der Waals surface area contributed by atoms with Crippen molar-refractivity contribution in [2.75, 3.05) is 0 Å². The van der Waals surface area contributed by atoms with Crippen LogP contribution in [0.25, 0.3) is 0 Å². The fourth-order valence-corrected chi connectivity index (χ4v) is 2.01. The van der Waals surface area contributed by atoms with E-state index in [4.69, 9.17) is 0 Å². The molecule has 78 valence electrons. The van der Waals surface area contributed by atoms with E-state index in [1.54, 1.807) is 6.08 Å². The average Bonchev–Trinajstić information content (AvgIpc) is 3.00. The van der Waals surface area contributed by atoms with E-state index in [0.717, 1.165) is 19.3 Å². The van der Waals surface area contributed by atoms with E-state index in [1.165, 1.54) is 16.7 Å². The molecule has 2 heteroatoms. The highest BCUT2D eigenvalue weighted by molar-refractivity contribution is 5.43. The summed E-state index contributed by atoms with van der Waals surface area (Å²) in [5.74, 6) is 0. The van der Waals surface area contributed by atoms with Gasteiger partial charge in [-0.05, 0) is 42.9 Å². The Morgan fingerprint density at radius 3 is 2.73 bits per heavy atom. The lowest BCUT2D eigenvalue weighted by Crippen LogP contribution is -2.03. The van der Waals surface area contributed by atoms with Crippen molar-refractivity contribution >= 4 is 6.08 Å². The first-order valence-corrected chi connectivity index (χ1v) is 5.41. The van der Waals surface area contributed by atoms with Crippen molar-refractivity contribution in [3.05, 3.63) is 34.9 Å². The largest absolute Gasteiger partial charge is 0.235 e. The molecular formula is C13H15NO. The minimum absolute atomic E-state index is 0.223. The molecule has 2 nitrogen and oxygen atoms in total. The number of nitrogens with zero attached hydrogens (tertiary/aromatic N) is 1. The fraction of sp³-hybridized carbons (Fsp3) is 0.462. The first-order chi connectivity index (χ1) is 7.22. The molecule has 0 saturated heterocycles. The molecular weight excluding hydrogens is 186 g/mol. The van der Waals surface area contributed by atoms with Gasteiger partial charge in [0.25, 0.3) is 0 Å². The van der Waals surface area contributed by atoms with Crippen LogP contribution in [-0.4, -0.2) is 6.08 Å². The summed E-state index contributed by atoms with van der Waals surface area (Å²) >= 11 is 0. The molecule has 0 unspecified atom stereocenters. The van der Waals surface area contributed by atoms with E-state index in [9.17, 15) is 4.79 Å². The van der Waals surface area contributed by atoms with E-state index in [2.05, 4.69) is 37.0 Å². The van der Waals surface area contributed by atoms with Gasteiger partial charge in [0.05, 0.1) is 5.54 Å². The number of rotatable bonds is 3. The third kappa shape index (κ3) is 1.73. The zero-order valence-corrected chi connectivity index (χ0v) is 9.21. The van der Waals surface area contributed by atoms with E-state index in [0.29, 0.717) is 0 Å². The maximum absolute atomic E-state index is 10.4. The highest BCUT2D eigenvalue weighted by Crippen LogP contribution is 2.49. The van der Waals surface area contributed by atoms with Crippen molar-refractivity contribution in [1.82, 2.24) is 0 Å². The summed E-state index contributed by atoms with van der Waals surface area (Å²) in [4.78, 5) is 14.3. The summed E-state index contributed by atoms with van der Waals surface area (Å²) in [7, 11) is 0. The lowest BCUT2D eigenvalue weighted by atomic mass is 9.98. The Hall–Kier alpha value is -1.40. The Kier molecular flexibility index (Phi) is 2.45. The third-order valence-corrected chi connectivity index (χ3v) is 3.25. The number of hydrogen-bond acceptors (Lipinski definition) is 2. The van der Waals surface area contributed by atoms with Crippen LogP contribution in [0.15, 0.2) is 23.2 Å². The molecule has 15 heavy (non-hydrogen) atoms. The Bertz CT molecular complexity index is 426. The quantitative estimate of drug-likeness (QED) is 0.546. The Morgan fingerprint density at radius 1 is 1.47 bits per heavy atom. The molecule has 0 aromatic heterocycles. The predicted octanol–water partition coefficient (Wildman–Crippen LogP) is 2.88. The number of benzene rings is 1. The minimum Gasteiger partial charge on any atom is -0.211 e. The van der Waals surface area contributed by atoms with Crippen molar-refractivity contribution in [1.29, 1.82) is 0 Å². The van der Waals surface area contributed by atoms with Crippen LogP contribution in [0, 0.1) is 6.92 Å². The second-order valence-electron chi connectivity index (χ2n) is 4.23. The minimum atomic E-state index is -0.223. The van der Waals surface area contributed by atoms with E-state index in [1.807, 2.05) is 0 Å². The number of aliphatic imine (C=N–C) groups is 1. The van der Waals surface area contributed by atoms with E-state index < -0.39 is 0 Å². The summed E-state index contributed by atoms with van der Waals surface area (Å²) in [5.41, 5.74) is 3.61. The predicted molar refractivity (Wildman–Crippen MR) is 59.6 cm³/mol. The monoisotopic (exact) mass is 201 g/mol. The van der Waals surface area contributed by atoms with Crippen LogP contribution < -0.4 is 0 Å². The van der Waals surface area contributed by atoms with Crippen LogP contribution in [0.2, 0.25) is 0 Å². The molecule has 0 heterocycles.